The van der Waals surface area contributed by atoms with E-state index in [1.165, 1.54) is 4.88 Å². The van der Waals surface area contributed by atoms with Crippen LogP contribution in [-0.2, 0) is 4.79 Å². The van der Waals surface area contributed by atoms with E-state index >= 15 is 0 Å². The van der Waals surface area contributed by atoms with E-state index in [4.69, 9.17) is 0 Å². The van der Waals surface area contributed by atoms with Gasteiger partial charge in [-0.1, -0.05) is 33.3 Å². The van der Waals surface area contributed by atoms with Gasteiger partial charge in [-0.15, -0.1) is 11.3 Å². The molecule has 1 aliphatic rings. The zero-order valence-corrected chi connectivity index (χ0v) is 14.3. The van der Waals surface area contributed by atoms with Crippen molar-refractivity contribution in [2.24, 2.45) is 5.92 Å². The molecule has 0 radical (unpaired) electrons. The van der Waals surface area contributed by atoms with E-state index in [0.717, 1.165) is 13.0 Å². The zero-order valence-electron chi connectivity index (χ0n) is 12.6. The summed E-state index contributed by atoms with van der Waals surface area (Å²) in [4.78, 5) is 16.0. The van der Waals surface area contributed by atoms with E-state index < -0.39 is 0 Å². The topological polar surface area (TPSA) is 32.3 Å². The van der Waals surface area contributed by atoms with E-state index in [9.17, 15) is 4.79 Å². The van der Waals surface area contributed by atoms with Gasteiger partial charge in [-0.3, -0.25) is 10.1 Å². The minimum atomic E-state index is -0.0406. The Morgan fingerprint density at radius 2 is 2.25 bits per heavy atom. The maximum atomic E-state index is 12.7. The lowest BCUT2D eigenvalue weighted by Gasteiger charge is -2.25. The summed E-state index contributed by atoms with van der Waals surface area (Å²) in [5.41, 5.74) is 0. The molecule has 4 unspecified atom stereocenters. The maximum absolute atomic E-state index is 12.7. The molecule has 2 rings (SSSR count). The van der Waals surface area contributed by atoms with Crippen LogP contribution in [0.2, 0.25) is 0 Å². The molecular weight excluding hydrogens is 288 g/mol. The predicted molar refractivity (Wildman–Crippen MR) is 88.1 cm³/mol. The lowest BCUT2D eigenvalue weighted by molar-refractivity contribution is -0.130. The molecule has 20 heavy (non-hydrogen) atoms. The van der Waals surface area contributed by atoms with Crippen molar-refractivity contribution in [3.63, 3.8) is 0 Å². The Hall–Kier alpha value is -0.520. The first-order valence-corrected chi connectivity index (χ1v) is 9.38. The highest BCUT2D eigenvalue weighted by atomic mass is 32.2. The molecule has 2 heterocycles. The van der Waals surface area contributed by atoms with Crippen LogP contribution in [0.3, 0.4) is 0 Å². The summed E-state index contributed by atoms with van der Waals surface area (Å²) in [6.07, 6.45) is 3.17. The molecule has 0 spiro atoms. The van der Waals surface area contributed by atoms with Gasteiger partial charge in [0.1, 0.15) is 6.17 Å². The van der Waals surface area contributed by atoms with E-state index in [2.05, 4.69) is 49.9 Å². The summed E-state index contributed by atoms with van der Waals surface area (Å²) >= 11 is 3.53. The van der Waals surface area contributed by atoms with Gasteiger partial charge in [0.2, 0.25) is 5.91 Å². The molecular formula is C15H24N2OS2. The van der Waals surface area contributed by atoms with Crippen LogP contribution in [0.5, 0.6) is 0 Å². The fourth-order valence-electron chi connectivity index (χ4n) is 2.51. The summed E-state index contributed by atoms with van der Waals surface area (Å²) in [6, 6.07) is 4.13. The molecule has 1 N–H and O–H groups in total. The summed E-state index contributed by atoms with van der Waals surface area (Å²) in [5, 5.41) is 6.09. The number of nitrogens with zero attached hydrogens (tertiary/aromatic N) is 1. The number of hydrogen-bond donors (Lipinski definition) is 1. The van der Waals surface area contributed by atoms with Gasteiger partial charge in [-0.2, -0.15) is 11.8 Å². The van der Waals surface area contributed by atoms with Gasteiger partial charge < -0.3 is 4.90 Å². The van der Waals surface area contributed by atoms with Crippen LogP contribution in [0.25, 0.3) is 0 Å². The normalized spacial score (nSPS) is 26.0. The van der Waals surface area contributed by atoms with Crippen LogP contribution in [0.1, 0.15) is 38.2 Å². The van der Waals surface area contributed by atoms with Crippen LogP contribution in [0, 0.1) is 5.92 Å². The van der Waals surface area contributed by atoms with Crippen molar-refractivity contribution >= 4 is 29.0 Å². The average Bonchev–Trinajstić information content (AvgIpc) is 3.07. The Morgan fingerprint density at radius 3 is 2.80 bits per heavy atom. The molecule has 4 atom stereocenters. The molecule has 5 heteroatoms. The highest BCUT2D eigenvalue weighted by Gasteiger charge is 2.42. The summed E-state index contributed by atoms with van der Waals surface area (Å²) in [7, 11) is 0. The lowest BCUT2D eigenvalue weighted by atomic mass is 9.99. The molecule has 1 saturated heterocycles. The third kappa shape index (κ3) is 3.21. The molecule has 1 aliphatic heterocycles. The summed E-state index contributed by atoms with van der Waals surface area (Å²) in [6.45, 7) is 7.29. The molecule has 1 aromatic rings. The van der Waals surface area contributed by atoms with Crippen molar-refractivity contribution < 1.29 is 4.79 Å². The van der Waals surface area contributed by atoms with Crippen LogP contribution < -0.4 is 5.32 Å². The molecule has 0 aromatic carbocycles. The van der Waals surface area contributed by atoms with Gasteiger partial charge in [0, 0.05) is 16.7 Å². The van der Waals surface area contributed by atoms with Crippen molar-refractivity contribution in [2.45, 2.75) is 44.6 Å². The Labute approximate surface area is 130 Å². The van der Waals surface area contributed by atoms with Crippen molar-refractivity contribution in [3.8, 4) is 0 Å². The second kappa shape index (κ2) is 6.96. The number of carbonyl (C=O) groups excluding carboxylic acids is 1. The van der Waals surface area contributed by atoms with E-state index in [0.29, 0.717) is 11.2 Å². The van der Waals surface area contributed by atoms with Gasteiger partial charge in [0.15, 0.2) is 0 Å². The Bertz CT molecular complexity index is 435. The number of amides is 1. The number of thiophene rings is 1. The van der Waals surface area contributed by atoms with Gasteiger partial charge >= 0.3 is 0 Å². The fraction of sp³-hybridized carbons (Fsp3) is 0.667. The second-order valence-corrected chi connectivity index (χ2v) is 7.74. The van der Waals surface area contributed by atoms with Gasteiger partial charge in [-0.25, -0.2) is 0 Å². The van der Waals surface area contributed by atoms with Crippen molar-refractivity contribution in [1.82, 2.24) is 10.2 Å². The average molecular weight is 313 g/mol. The fourth-order valence-corrected chi connectivity index (χ4v) is 3.62. The molecule has 1 fully saturated rings. The third-order valence-corrected chi connectivity index (χ3v) is 5.96. The van der Waals surface area contributed by atoms with Crippen LogP contribution >= 0.6 is 23.1 Å². The molecule has 1 aromatic heterocycles. The van der Waals surface area contributed by atoms with Crippen molar-refractivity contribution in [2.75, 3.05) is 12.8 Å². The highest BCUT2D eigenvalue weighted by molar-refractivity contribution is 7.99. The number of hydrogen-bond acceptors (Lipinski definition) is 4. The Morgan fingerprint density at radius 1 is 1.50 bits per heavy atom. The second-order valence-electron chi connectivity index (χ2n) is 5.48. The first kappa shape index (κ1) is 15.9. The molecule has 0 bridgehead atoms. The monoisotopic (exact) mass is 312 g/mol. The maximum Gasteiger partial charge on any atom is 0.241 e. The standard InChI is InChI=1S/C15H24N2OS2/c1-5-10(2)13-15(18)17(9-11(3)19-4)14(16-13)12-7-6-8-20-12/h6-8,10-11,13-14,16H,5,9H2,1-4H3. The number of rotatable bonds is 6. The Balaban J connectivity index is 2.21. The quantitative estimate of drug-likeness (QED) is 0.874. The zero-order chi connectivity index (χ0) is 14.7. The number of thioether (sulfide) groups is 1. The number of nitrogens with one attached hydrogen (secondary N) is 1. The molecule has 3 nitrogen and oxygen atoms in total. The van der Waals surface area contributed by atoms with Gasteiger partial charge in [0.05, 0.1) is 6.04 Å². The molecule has 0 saturated carbocycles. The largest absolute Gasteiger partial charge is 0.320 e. The lowest BCUT2D eigenvalue weighted by Crippen LogP contribution is -2.37. The van der Waals surface area contributed by atoms with E-state index in [-0.39, 0.29) is 18.1 Å². The third-order valence-electron chi connectivity index (χ3n) is 4.08. The Kier molecular flexibility index (Phi) is 5.52. The SMILES string of the molecule is CCC(C)C1NC(c2cccs2)N(CC(C)SC)C1=O. The minimum Gasteiger partial charge on any atom is -0.320 e. The first-order valence-electron chi connectivity index (χ1n) is 7.21. The molecule has 1 amide bonds. The molecule has 112 valence electrons. The van der Waals surface area contributed by atoms with Gasteiger partial charge in [0.25, 0.3) is 0 Å². The number of carbonyl (C=O) groups is 1. The van der Waals surface area contributed by atoms with Crippen molar-refractivity contribution in [1.29, 1.82) is 0 Å². The summed E-state index contributed by atoms with van der Waals surface area (Å²) < 4.78 is 0. The molecule has 0 aliphatic carbocycles. The van der Waals surface area contributed by atoms with Crippen LogP contribution in [0.4, 0.5) is 0 Å². The van der Waals surface area contributed by atoms with Gasteiger partial charge in [-0.05, 0) is 23.6 Å². The highest BCUT2D eigenvalue weighted by Crippen LogP contribution is 2.32. The van der Waals surface area contributed by atoms with Crippen molar-refractivity contribution in [3.05, 3.63) is 22.4 Å². The van der Waals surface area contributed by atoms with Crippen LogP contribution in [-0.4, -0.2) is 34.9 Å². The predicted octanol–water partition coefficient (Wildman–Crippen LogP) is 3.34. The minimum absolute atomic E-state index is 0.0406. The first-order chi connectivity index (χ1) is 9.58. The van der Waals surface area contributed by atoms with Crippen LogP contribution in [0.15, 0.2) is 17.5 Å². The smallest absolute Gasteiger partial charge is 0.241 e. The van der Waals surface area contributed by atoms with E-state index in [1.807, 2.05) is 16.7 Å². The summed E-state index contributed by atoms with van der Waals surface area (Å²) in [5.74, 6) is 0.637. The van der Waals surface area contributed by atoms with E-state index in [1.54, 1.807) is 11.3 Å².